The summed E-state index contributed by atoms with van der Waals surface area (Å²) in [6.45, 7) is 0. The second kappa shape index (κ2) is 9.24. The summed E-state index contributed by atoms with van der Waals surface area (Å²) in [5.41, 5.74) is -1.82. The van der Waals surface area contributed by atoms with Gasteiger partial charge >= 0.3 is 6.18 Å². The Morgan fingerprint density at radius 2 is 1.65 bits per heavy atom. The lowest BCUT2D eigenvalue weighted by Gasteiger charge is -2.21. The number of aliphatic hydroxyl groups excluding tert-OH is 1. The number of hydrogen-bond acceptors (Lipinski definition) is 9. The van der Waals surface area contributed by atoms with Crippen molar-refractivity contribution < 1.29 is 37.3 Å². The Balaban J connectivity index is 1.74. The molecule has 2 atom stereocenters. The van der Waals surface area contributed by atoms with Crippen LogP contribution in [-0.4, -0.2) is 45.8 Å². The molecule has 12 heteroatoms. The van der Waals surface area contributed by atoms with E-state index in [9.17, 15) is 27.9 Å². The van der Waals surface area contributed by atoms with Crippen molar-refractivity contribution in [2.75, 3.05) is 14.2 Å². The first-order valence-electron chi connectivity index (χ1n) is 10.3. The summed E-state index contributed by atoms with van der Waals surface area (Å²) in [5, 5.41) is 11.1. The Morgan fingerprint density at radius 1 is 1.06 bits per heavy atom. The van der Waals surface area contributed by atoms with Crippen LogP contribution >= 0.6 is 11.8 Å². The summed E-state index contributed by atoms with van der Waals surface area (Å²) in [4.78, 5) is 37.5. The van der Waals surface area contributed by atoms with E-state index in [0.717, 1.165) is 17.8 Å². The van der Waals surface area contributed by atoms with Crippen LogP contribution in [0.2, 0.25) is 0 Å². The number of ether oxygens (including phenoxy) is 2. The molecule has 34 heavy (non-hydrogen) atoms. The quantitative estimate of drug-likeness (QED) is 0.209. The standard InChI is InChI=1S/C22H20F3N3O5S/c1-32-15-8-16(33-2)28-21(27-15)34-9-13-12(5-6-14(26-13)22(23,24)25)20(31)17-18(29)10-3-4-11(7-10)19(17)30/h5-6,8,10-11,31H,3-4,7,9H2,1-2H3. The van der Waals surface area contributed by atoms with Crippen LogP contribution in [0.15, 0.2) is 28.9 Å². The molecule has 0 spiro atoms. The van der Waals surface area contributed by atoms with Crippen LogP contribution in [0.3, 0.4) is 0 Å². The number of aliphatic hydroxyl groups is 1. The molecule has 2 aromatic rings. The molecule has 2 bridgehead atoms. The predicted molar refractivity (Wildman–Crippen MR) is 114 cm³/mol. The zero-order chi connectivity index (χ0) is 24.6. The monoisotopic (exact) mass is 495 g/mol. The molecule has 2 heterocycles. The molecule has 2 aliphatic carbocycles. The van der Waals surface area contributed by atoms with Crippen LogP contribution in [-0.2, 0) is 21.5 Å². The lowest BCUT2D eigenvalue weighted by Crippen LogP contribution is -2.30. The van der Waals surface area contributed by atoms with E-state index in [1.165, 1.54) is 20.3 Å². The molecule has 2 fully saturated rings. The number of thioether (sulfide) groups is 1. The van der Waals surface area contributed by atoms with Gasteiger partial charge in [-0.15, -0.1) is 0 Å². The number of fused-ring (bicyclic) bond motifs is 2. The average molecular weight is 495 g/mol. The minimum absolute atomic E-state index is 0.117. The van der Waals surface area contributed by atoms with Crippen molar-refractivity contribution >= 4 is 29.1 Å². The van der Waals surface area contributed by atoms with Crippen LogP contribution in [0, 0.1) is 11.8 Å². The summed E-state index contributed by atoms with van der Waals surface area (Å²) >= 11 is 0.930. The van der Waals surface area contributed by atoms with Crippen molar-refractivity contribution in [3.05, 3.63) is 40.7 Å². The van der Waals surface area contributed by atoms with Crippen molar-refractivity contribution in [2.24, 2.45) is 11.8 Å². The minimum Gasteiger partial charge on any atom is -0.506 e. The van der Waals surface area contributed by atoms with Crippen molar-refractivity contribution in [3.8, 4) is 11.8 Å². The van der Waals surface area contributed by atoms with Gasteiger partial charge in [-0.2, -0.15) is 23.1 Å². The van der Waals surface area contributed by atoms with Gasteiger partial charge in [0.15, 0.2) is 16.7 Å². The molecule has 0 radical (unpaired) electrons. The normalized spacial score (nSPS) is 20.0. The summed E-state index contributed by atoms with van der Waals surface area (Å²) < 4.78 is 50.2. The smallest absolute Gasteiger partial charge is 0.433 e. The molecule has 2 unspecified atom stereocenters. The fraction of sp³-hybridized carbons (Fsp3) is 0.409. The van der Waals surface area contributed by atoms with Gasteiger partial charge in [-0.05, 0) is 31.4 Å². The van der Waals surface area contributed by atoms with Gasteiger partial charge in [0.05, 0.1) is 26.0 Å². The molecule has 0 amide bonds. The average Bonchev–Trinajstić information content (AvgIpc) is 3.27. The summed E-state index contributed by atoms with van der Waals surface area (Å²) in [7, 11) is 2.77. The highest BCUT2D eigenvalue weighted by Gasteiger charge is 2.45. The zero-order valence-corrected chi connectivity index (χ0v) is 19.0. The van der Waals surface area contributed by atoms with E-state index in [0.29, 0.717) is 25.3 Å². The Labute approximate surface area is 196 Å². The highest BCUT2D eigenvalue weighted by Crippen LogP contribution is 2.42. The number of carbonyl (C=O) groups is 2. The van der Waals surface area contributed by atoms with Gasteiger partial charge in [-0.3, -0.25) is 9.59 Å². The Bertz CT molecular complexity index is 1140. The molecule has 180 valence electrons. The number of pyridine rings is 1. The third-order valence-electron chi connectivity index (χ3n) is 5.84. The molecule has 0 aromatic carbocycles. The number of Topliss-reactive ketones (excluding diaryl/α,β-unsaturated/α-hetero) is 2. The highest BCUT2D eigenvalue weighted by molar-refractivity contribution is 7.98. The second-order valence-electron chi connectivity index (χ2n) is 7.87. The summed E-state index contributed by atoms with van der Waals surface area (Å²) in [6.07, 6.45) is -3.19. The minimum atomic E-state index is -4.73. The van der Waals surface area contributed by atoms with Gasteiger partial charge in [-0.1, -0.05) is 11.8 Å². The molecular formula is C22H20F3N3O5S. The maximum Gasteiger partial charge on any atom is 0.433 e. The number of hydrogen-bond donors (Lipinski definition) is 1. The fourth-order valence-corrected chi connectivity index (χ4v) is 4.93. The number of alkyl halides is 3. The first-order valence-corrected chi connectivity index (χ1v) is 11.3. The van der Waals surface area contributed by atoms with E-state index < -0.39 is 29.2 Å². The van der Waals surface area contributed by atoms with Crippen LogP contribution in [0.1, 0.15) is 36.2 Å². The number of rotatable bonds is 6. The predicted octanol–water partition coefficient (Wildman–Crippen LogP) is 4.04. The second-order valence-corrected chi connectivity index (χ2v) is 8.81. The van der Waals surface area contributed by atoms with Gasteiger partial charge in [0, 0.05) is 23.2 Å². The number of nitrogens with zero attached hydrogens (tertiary/aromatic N) is 3. The van der Waals surface area contributed by atoms with Crippen molar-refractivity contribution in [1.29, 1.82) is 0 Å². The molecule has 2 aromatic heterocycles. The van der Waals surface area contributed by atoms with E-state index in [4.69, 9.17) is 9.47 Å². The zero-order valence-electron chi connectivity index (χ0n) is 18.2. The maximum absolute atomic E-state index is 13.3. The van der Waals surface area contributed by atoms with Crippen molar-refractivity contribution in [3.63, 3.8) is 0 Å². The largest absolute Gasteiger partial charge is 0.506 e. The van der Waals surface area contributed by atoms with Crippen LogP contribution in [0.5, 0.6) is 11.8 Å². The Kier molecular flexibility index (Phi) is 6.52. The first kappa shape index (κ1) is 24.0. The van der Waals surface area contributed by atoms with Crippen molar-refractivity contribution in [1.82, 2.24) is 15.0 Å². The topological polar surface area (TPSA) is 111 Å². The van der Waals surface area contributed by atoms with Gasteiger partial charge in [0.2, 0.25) is 11.8 Å². The molecule has 2 aliphatic rings. The number of carbonyl (C=O) groups excluding carboxylic acids is 2. The van der Waals surface area contributed by atoms with Gasteiger partial charge in [-0.25, -0.2) is 4.98 Å². The van der Waals surface area contributed by atoms with Gasteiger partial charge in [0.1, 0.15) is 17.0 Å². The number of allylic oxidation sites excluding steroid dienone is 1. The molecule has 0 aliphatic heterocycles. The van der Waals surface area contributed by atoms with Gasteiger partial charge in [0.25, 0.3) is 0 Å². The SMILES string of the molecule is COc1cc(OC)nc(SCc2nc(C(F)(F)F)ccc2C(O)=C2C(=O)C3CCC(C3)C2=O)n1. The van der Waals surface area contributed by atoms with Gasteiger partial charge < -0.3 is 14.6 Å². The lowest BCUT2D eigenvalue weighted by molar-refractivity contribution is -0.141. The van der Waals surface area contributed by atoms with Crippen molar-refractivity contribution in [2.45, 2.75) is 36.3 Å². The molecule has 2 saturated carbocycles. The number of halogens is 3. The lowest BCUT2D eigenvalue weighted by atomic mass is 9.81. The fourth-order valence-electron chi connectivity index (χ4n) is 4.13. The van der Waals surface area contributed by atoms with E-state index in [1.807, 2.05) is 0 Å². The number of ketones is 2. The van der Waals surface area contributed by atoms with E-state index in [2.05, 4.69) is 15.0 Å². The first-order chi connectivity index (χ1) is 16.1. The number of aromatic nitrogens is 3. The van der Waals surface area contributed by atoms with Crippen LogP contribution in [0.4, 0.5) is 13.2 Å². The molecule has 8 nitrogen and oxygen atoms in total. The van der Waals surface area contributed by atoms with E-state index >= 15 is 0 Å². The highest BCUT2D eigenvalue weighted by atomic mass is 32.2. The van der Waals surface area contributed by atoms with Crippen LogP contribution < -0.4 is 9.47 Å². The Hall–Kier alpha value is -3.15. The maximum atomic E-state index is 13.3. The third-order valence-corrected chi connectivity index (χ3v) is 6.70. The summed E-state index contributed by atoms with van der Waals surface area (Å²) in [5.74, 6) is -2.15. The van der Waals surface area contributed by atoms with E-state index in [-0.39, 0.29) is 51.3 Å². The molecule has 1 N–H and O–H groups in total. The third kappa shape index (κ3) is 4.59. The molecule has 4 rings (SSSR count). The molecular weight excluding hydrogens is 475 g/mol. The molecule has 0 saturated heterocycles. The number of methoxy groups -OCH3 is 2. The van der Waals surface area contributed by atoms with Crippen LogP contribution in [0.25, 0.3) is 5.76 Å². The summed E-state index contributed by atoms with van der Waals surface area (Å²) in [6, 6.07) is 3.17. The van der Waals surface area contributed by atoms with E-state index in [1.54, 1.807) is 0 Å². The Morgan fingerprint density at radius 3 is 2.18 bits per heavy atom.